The first-order valence-electron chi connectivity index (χ1n) is 24.1. The number of hydrogen-bond donors (Lipinski definition) is 0. The molecule has 356 valence electrons. The Morgan fingerprint density at radius 1 is 0.500 bits per heavy atom. The zero-order valence-corrected chi connectivity index (χ0v) is 44.2. The topological polar surface area (TPSA) is 33.5 Å². The Hall–Kier alpha value is -6.68. The maximum Gasteiger partial charge on any atom is 0.135 e. The van der Waals surface area contributed by atoms with Gasteiger partial charge in [0.2, 0.25) is 0 Å². The summed E-state index contributed by atoms with van der Waals surface area (Å²) in [7, 11) is 0. The molecule has 3 heterocycles. The van der Waals surface area contributed by atoms with E-state index in [2.05, 4.69) is 260 Å². The zero-order valence-electron chi connectivity index (χ0n) is 41.9. The van der Waals surface area contributed by atoms with Crippen LogP contribution in [0.1, 0.15) is 97.1 Å². The van der Waals surface area contributed by atoms with Crippen LogP contribution in [-0.2, 0) is 37.3 Å². The molecule has 1 aliphatic heterocycles. The third-order valence-corrected chi connectivity index (χ3v) is 14.0. The van der Waals surface area contributed by atoms with Crippen LogP contribution in [0.25, 0.3) is 38.8 Å². The van der Waals surface area contributed by atoms with Crippen molar-refractivity contribution in [1.82, 2.24) is 9.55 Å². The van der Waals surface area contributed by atoms with Crippen molar-refractivity contribution >= 4 is 33.2 Å². The van der Waals surface area contributed by atoms with Gasteiger partial charge in [0.15, 0.2) is 0 Å². The molecule has 10 rings (SSSR count). The molecule has 9 aromatic rings. The van der Waals surface area contributed by atoms with Crippen LogP contribution in [-0.4, -0.2) is 9.55 Å². The maximum absolute atomic E-state index is 6.72. The molecule has 0 saturated carbocycles. The third-order valence-electron chi connectivity index (χ3n) is 14.0. The molecule has 0 saturated heterocycles. The van der Waals surface area contributed by atoms with Gasteiger partial charge in [-0.15, -0.1) is 48.1 Å². The minimum absolute atomic E-state index is 0. The van der Waals surface area contributed by atoms with Crippen molar-refractivity contribution < 1.29 is 25.8 Å². The Morgan fingerprint density at radius 3 is 1.73 bits per heavy atom. The molecule has 0 amide bonds. The molecule has 6 heteroatoms. The van der Waals surface area contributed by atoms with Crippen LogP contribution in [0.2, 0.25) is 0 Å². The quantitative estimate of drug-likeness (QED) is 0.128. The number of pyridine rings is 1. The Morgan fingerprint density at radius 2 is 1.11 bits per heavy atom. The molecule has 0 radical (unpaired) electrons. The van der Waals surface area contributed by atoms with Crippen LogP contribution < -0.4 is 14.5 Å². The molecule has 0 bridgehead atoms. The number of benzene rings is 7. The molecule has 5 nitrogen and oxygen atoms in total. The summed E-state index contributed by atoms with van der Waals surface area (Å²) in [6.45, 7) is 25.1. The normalized spacial score (nSPS) is 13.4. The largest absolute Gasteiger partial charge is 0.509 e. The van der Waals surface area contributed by atoms with Crippen molar-refractivity contribution in [1.29, 1.82) is 0 Å². The number of aromatic nitrogens is 2. The first kappa shape index (κ1) is 48.3. The molecule has 0 unspecified atom stereocenters. The summed E-state index contributed by atoms with van der Waals surface area (Å²) in [6.07, 6.45) is 4.15. The Kier molecular flexibility index (Phi) is 12.8. The van der Waals surface area contributed by atoms with Gasteiger partial charge >= 0.3 is 0 Å². The molecule has 70 heavy (non-hydrogen) atoms. The molecule has 0 atom stereocenters. The van der Waals surface area contributed by atoms with Crippen molar-refractivity contribution in [2.24, 2.45) is 5.41 Å². The molecule has 0 fully saturated rings. The van der Waals surface area contributed by atoms with Crippen molar-refractivity contribution in [3.63, 3.8) is 0 Å². The second kappa shape index (κ2) is 18.6. The van der Waals surface area contributed by atoms with Crippen LogP contribution in [0.3, 0.4) is 0 Å². The Balaban J connectivity index is 0.00000608. The van der Waals surface area contributed by atoms with Gasteiger partial charge in [0.1, 0.15) is 5.82 Å². The van der Waals surface area contributed by atoms with Crippen molar-refractivity contribution in [3.8, 4) is 28.4 Å². The second-order valence-electron chi connectivity index (χ2n) is 21.6. The molecular weight excluding hydrogens is 1040 g/mol. The number of hydrogen-bond acceptors (Lipinski definition) is 4. The van der Waals surface area contributed by atoms with Gasteiger partial charge in [0.25, 0.3) is 0 Å². The number of allylic oxidation sites excluding steroid dienone is 1. The molecule has 0 N–H and O–H groups in total. The van der Waals surface area contributed by atoms with Crippen LogP contribution in [0.4, 0.5) is 11.4 Å². The van der Waals surface area contributed by atoms with E-state index in [4.69, 9.17) is 9.72 Å². The second-order valence-corrected chi connectivity index (χ2v) is 21.6. The van der Waals surface area contributed by atoms with Crippen molar-refractivity contribution in [2.75, 3.05) is 9.80 Å². The average molecular weight is 1100 g/mol. The predicted octanol–water partition coefficient (Wildman–Crippen LogP) is 16.5. The summed E-state index contributed by atoms with van der Waals surface area (Å²) in [5.41, 5.74) is 13.0. The standard InChI is InChI=1S/C64H61N4O.Pt/c1-61(2,3)48-33-34-65-60(39-48)68-57-32-29-45(44-21-14-11-15-22-44)35-56(57)55-31-30-54(41-58(55)68)69-53-28-20-27-51(40-53)66-42-59(62(4,5)6)67(43-66)52-37-49(63(7,8)46-23-16-12-17-24-46)36-50(38-52)64(9,10)47-25-18-13-19-26-47;/h11-39,42-43H,1-10H3;/q-3;. The summed E-state index contributed by atoms with van der Waals surface area (Å²) in [5.74, 6) is 2.04. The average Bonchev–Trinajstić information content (AvgIpc) is 3.95. The van der Waals surface area contributed by atoms with E-state index in [0.717, 1.165) is 44.6 Å². The number of fused-ring (bicyclic) bond motifs is 3. The van der Waals surface area contributed by atoms with Gasteiger partial charge in [0.05, 0.1) is 0 Å². The van der Waals surface area contributed by atoms with Gasteiger partial charge in [-0.2, -0.15) is 12.1 Å². The SMILES string of the molecule is CC(C)(C)C1=CN(c2[c-]c(Oc3[c-]c4c(cc3)c3cc(-c5ccccc5)ccc3n4-c3cc(C(C)(C)C)ccn3)ccc2)[CH-]N1c1cc(C(C)(C)c2ccccc2)cc(C(C)(C)c2ccccc2)c1.[Pt]. The molecule has 0 spiro atoms. The van der Waals surface area contributed by atoms with Crippen LogP contribution in [0.15, 0.2) is 188 Å². The van der Waals surface area contributed by atoms with Gasteiger partial charge in [-0.05, 0) is 86.3 Å². The Labute approximate surface area is 429 Å². The first-order chi connectivity index (χ1) is 32.9. The van der Waals surface area contributed by atoms with Crippen LogP contribution in [0, 0.1) is 24.2 Å². The number of anilines is 2. The monoisotopic (exact) mass is 1100 g/mol. The van der Waals surface area contributed by atoms with Crippen molar-refractivity contribution in [2.45, 2.75) is 85.5 Å². The van der Waals surface area contributed by atoms with E-state index < -0.39 is 0 Å². The fraction of sp³-hybridized carbons (Fsp3) is 0.219. The van der Waals surface area contributed by atoms with E-state index in [1.165, 1.54) is 39.1 Å². The summed E-state index contributed by atoms with van der Waals surface area (Å²) < 4.78 is 8.94. The number of rotatable bonds is 10. The van der Waals surface area contributed by atoms with E-state index in [1.807, 2.05) is 24.4 Å². The maximum atomic E-state index is 6.72. The smallest absolute Gasteiger partial charge is 0.135 e. The summed E-state index contributed by atoms with van der Waals surface area (Å²) in [5, 5.41) is 2.21. The van der Waals surface area contributed by atoms with Crippen LogP contribution in [0.5, 0.6) is 11.5 Å². The van der Waals surface area contributed by atoms with Gasteiger partial charge in [-0.1, -0.05) is 184 Å². The minimum atomic E-state index is -0.254. The molecule has 1 aliphatic rings. The van der Waals surface area contributed by atoms with Crippen molar-refractivity contribution in [3.05, 3.63) is 235 Å². The van der Waals surface area contributed by atoms with E-state index in [1.54, 1.807) is 0 Å². The van der Waals surface area contributed by atoms with E-state index in [-0.39, 0.29) is 42.7 Å². The third kappa shape index (κ3) is 9.25. The van der Waals surface area contributed by atoms with Gasteiger partial charge in [-0.3, -0.25) is 0 Å². The van der Waals surface area contributed by atoms with Gasteiger partial charge in [0, 0.05) is 71.9 Å². The first-order valence-corrected chi connectivity index (χ1v) is 24.1. The molecule has 2 aromatic heterocycles. The fourth-order valence-corrected chi connectivity index (χ4v) is 9.63. The molecular formula is C64H61N4OPt-3. The van der Waals surface area contributed by atoms with Gasteiger partial charge in [-0.25, -0.2) is 4.98 Å². The minimum Gasteiger partial charge on any atom is -0.509 e. The van der Waals surface area contributed by atoms with Crippen LogP contribution >= 0.6 is 0 Å². The number of nitrogens with zero attached hydrogens (tertiary/aromatic N) is 4. The van der Waals surface area contributed by atoms with Gasteiger partial charge < -0.3 is 19.1 Å². The predicted molar refractivity (Wildman–Crippen MR) is 287 cm³/mol. The summed E-state index contributed by atoms with van der Waals surface area (Å²) >= 11 is 0. The fourth-order valence-electron chi connectivity index (χ4n) is 9.63. The summed E-state index contributed by atoms with van der Waals surface area (Å²) in [6, 6.07) is 68.0. The van der Waals surface area contributed by atoms with E-state index in [9.17, 15) is 0 Å². The van der Waals surface area contributed by atoms with E-state index >= 15 is 0 Å². The number of ether oxygens (including phenoxy) is 1. The van der Waals surface area contributed by atoms with E-state index in [0.29, 0.717) is 11.5 Å². The Bertz CT molecular complexity index is 3290. The molecule has 0 aliphatic carbocycles. The molecule has 7 aromatic carbocycles. The zero-order chi connectivity index (χ0) is 48.3. The summed E-state index contributed by atoms with van der Waals surface area (Å²) in [4.78, 5) is 9.47.